The maximum atomic E-state index is 13.0. The van der Waals surface area contributed by atoms with Gasteiger partial charge in [0.2, 0.25) is 21.8 Å². The number of nitrogen functional groups attached to an aromatic ring is 1. The Morgan fingerprint density at radius 2 is 1.90 bits per heavy atom. The van der Waals surface area contributed by atoms with Crippen LogP contribution in [0.1, 0.15) is 17.5 Å². The quantitative estimate of drug-likeness (QED) is 0.165. The molecule has 1 fully saturated rings. The van der Waals surface area contributed by atoms with Gasteiger partial charge in [-0.2, -0.15) is 4.72 Å². The Kier molecular flexibility index (Phi) is 8.35. The second-order valence-corrected chi connectivity index (χ2v) is 11.0. The molecule has 14 heteroatoms. The summed E-state index contributed by atoms with van der Waals surface area (Å²) in [6.45, 7) is 0.599. The Bertz CT molecular complexity index is 1380. The first-order chi connectivity index (χ1) is 18.5. The van der Waals surface area contributed by atoms with Crippen molar-refractivity contribution in [1.29, 1.82) is 5.41 Å². The molecule has 0 aromatic heterocycles. The van der Waals surface area contributed by atoms with Crippen molar-refractivity contribution in [2.75, 3.05) is 49.5 Å². The molecule has 2 heterocycles. The highest BCUT2D eigenvalue weighted by atomic mass is 32.2. The predicted molar refractivity (Wildman–Crippen MR) is 144 cm³/mol. The number of rotatable bonds is 10. The smallest absolute Gasteiger partial charge is 0.323 e. The number of anilines is 2. The maximum Gasteiger partial charge on any atom is 0.323 e. The summed E-state index contributed by atoms with van der Waals surface area (Å²) in [6.07, 6.45) is 1.57. The van der Waals surface area contributed by atoms with Crippen LogP contribution in [0.2, 0.25) is 0 Å². The molecule has 4 rings (SSSR count). The molecule has 0 radical (unpaired) electrons. The molecule has 0 unspecified atom stereocenters. The van der Waals surface area contributed by atoms with Gasteiger partial charge in [-0.05, 0) is 48.7 Å². The molecule has 2 aliphatic rings. The minimum atomic E-state index is -4.20. The fourth-order valence-electron chi connectivity index (χ4n) is 4.52. The normalized spacial score (nSPS) is 16.2. The van der Waals surface area contributed by atoms with E-state index in [-0.39, 0.29) is 36.3 Å². The van der Waals surface area contributed by atoms with Gasteiger partial charge < -0.3 is 31.3 Å². The lowest BCUT2D eigenvalue weighted by Crippen LogP contribution is -2.54. The van der Waals surface area contributed by atoms with Gasteiger partial charge >= 0.3 is 5.97 Å². The number of amidine groups is 1. The van der Waals surface area contributed by atoms with Crippen LogP contribution < -0.4 is 26.0 Å². The molecule has 2 amide bonds. The first-order valence-electron chi connectivity index (χ1n) is 12.4. The molecule has 2 aromatic carbocycles. The number of nitrogens with two attached hydrogens (primary N) is 1. The summed E-state index contributed by atoms with van der Waals surface area (Å²) in [6, 6.07) is 10.1. The average molecular weight is 558 g/mol. The number of sulfonamides is 1. The van der Waals surface area contributed by atoms with Gasteiger partial charge in [0, 0.05) is 37.4 Å². The summed E-state index contributed by atoms with van der Waals surface area (Å²) in [5.41, 5.74) is 8.12. The number of aryl methyl sites for hydroxylation is 1. The number of carboxylic acid groups (broad SMARTS) is 1. The number of carboxylic acids is 1. The number of nitrogens with zero attached hydrogens (tertiary/aromatic N) is 2. The summed E-state index contributed by atoms with van der Waals surface area (Å²) in [7, 11) is -4.20. The molecule has 0 spiro atoms. The largest absolute Gasteiger partial charge is 0.480 e. The highest BCUT2D eigenvalue weighted by Gasteiger charge is 2.30. The molecule has 0 aliphatic carbocycles. The van der Waals surface area contributed by atoms with Gasteiger partial charge in [-0.3, -0.25) is 19.8 Å². The second-order valence-electron chi connectivity index (χ2n) is 9.33. The van der Waals surface area contributed by atoms with E-state index in [1.807, 2.05) is 11.0 Å². The van der Waals surface area contributed by atoms with Crippen LogP contribution in [-0.4, -0.2) is 87.4 Å². The lowest BCUT2D eigenvalue weighted by atomic mass is 10.0. The van der Waals surface area contributed by atoms with Crippen LogP contribution in [0.15, 0.2) is 47.4 Å². The van der Waals surface area contributed by atoms with Crippen molar-refractivity contribution in [1.82, 2.24) is 14.9 Å². The van der Waals surface area contributed by atoms with Crippen LogP contribution in [0.5, 0.6) is 0 Å². The summed E-state index contributed by atoms with van der Waals surface area (Å²) < 4.78 is 28.2. The Morgan fingerprint density at radius 1 is 1.15 bits per heavy atom. The highest BCUT2D eigenvalue weighted by Crippen LogP contribution is 2.29. The molecular formula is C25H31N7O6S. The Morgan fingerprint density at radius 3 is 2.56 bits per heavy atom. The number of carbonyl (C=O) groups excluding carboxylic acids is 2. The molecule has 0 saturated carbocycles. The Hall–Kier alpha value is -4.17. The fraction of sp³-hybridized carbons (Fsp3) is 0.360. The zero-order chi connectivity index (χ0) is 28.2. The number of amides is 2. The van der Waals surface area contributed by atoms with Crippen LogP contribution >= 0.6 is 0 Å². The first-order valence-corrected chi connectivity index (χ1v) is 13.9. The third-order valence-corrected chi connectivity index (χ3v) is 8.14. The van der Waals surface area contributed by atoms with E-state index in [1.165, 1.54) is 11.0 Å². The number of carbonyl (C=O) groups is 3. The molecule has 1 atom stereocenters. The van der Waals surface area contributed by atoms with Crippen molar-refractivity contribution in [3.63, 3.8) is 0 Å². The molecule has 208 valence electrons. The molecule has 2 aromatic rings. The lowest BCUT2D eigenvalue weighted by Gasteiger charge is -2.35. The monoisotopic (exact) mass is 557 g/mol. The number of aliphatic carboxylic acids is 1. The van der Waals surface area contributed by atoms with E-state index in [1.54, 1.807) is 30.3 Å². The Balaban J connectivity index is 1.31. The van der Waals surface area contributed by atoms with Crippen LogP contribution in [0, 0.1) is 5.41 Å². The third-order valence-electron chi connectivity index (χ3n) is 6.62. The van der Waals surface area contributed by atoms with Gasteiger partial charge in [-0.1, -0.05) is 12.1 Å². The average Bonchev–Trinajstić information content (AvgIpc) is 2.91. The van der Waals surface area contributed by atoms with Crippen LogP contribution in [0.25, 0.3) is 0 Å². The van der Waals surface area contributed by atoms with Gasteiger partial charge in [0.1, 0.15) is 16.8 Å². The molecule has 7 N–H and O–H groups in total. The SMILES string of the molecule is N=C(N)c1ccc(N2CCN(CC(=O)NC[C@H](NS(=O)(=O)c3cccc4c3NCCC4)C(=O)O)C(=O)C2)cc1. The molecular weight excluding hydrogens is 526 g/mol. The molecule has 39 heavy (non-hydrogen) atoms. The number of hydrogen-bond donors (Lipinski definition) is 6. The summed E-state index contributed by atoms with van der Waals surface area (Å²) in [4.78, 5) is 40.1. The summed E-state index contributed by atoms with van der Waals surface area (Å²) in [5.74, 6) is -2.39. The van der Waals surface area contributed by atoms with Crippen LogP contribution in [0.4, 0.5) is 11.4 Å². The minimum Gasteiger partial charge on any atom is -0.480 e. The zero-order valence-corrected chi connectivity index (χ0v) is 22.0. The first kappa shape index (κ1) is 27.9. The van der Waals surface area contributed by atoms with E-state index in [2.05, 4.69) is 15.4 Å². The van der Waals surface area contributed by atoms with Crippen molar-refractivity contribution in [2.24, 2.45) is 5.73 Å². The summed E-state index contributed by atoms with van der Waals surface area (Å²) >= 11 is 0. The van der Waals surface area contributed by atoms with Crippen molar-refractivity contribution in [3.05, 3.63) is 53.6 Å². The third kappa shape index (κ3) is 6.64. The van der Waals surface area contributed by atoms with Gasteiger partial charge in [0.25, 0.3) is 0 Å². The van der Waals surface area contributed by atoms with Crippen molar-refractivity contribution in [3.8, 4) is 0 Å². The van der Waals surface area contributed by atoms with Gasteiger partial charge in [0.05, 0.1) is 18.8 Å². The molecule has 0 bridgehead atoms. The lowest BCUT2D eigenvalue weighted by molar-refractivity contribution is -0.139. The van der Waals surface area contributed by atoms with Crippen molar-refractivity contribution >= 4 is 45.0 Å². The predicted octanol–water partition coefficient (Wildman–Crippen LogP) is -0.475. The van der Waals surface area contributed by atoms with Crippen molar-refractivity contribution in [2.45, 2.75) is 23.8 Å². The molecule has 1 saturated heterocycles. The zero-order valence-electron chi connectivity index (χ0n) is 21.1. The number of benzene rings is 2. The molecule has 2 aliphatic heterocycles. The number of piperazine rings is 1. The maximum absolute atomic E-state index is 13.0. The van der Waals surface area contributed by atoms with E-state index < -0.39 is 34.5 Å². The number of hydrogen-bond acceptors (Lipinski definition) is 8. The number of para-hydroxylation sites is 1. The van der Waals surface area contributed by atoms with Gasteiger partial charge in [-0.15, -0.1) is 0 Å². The van der Waals surface area contributed by atoms with E-state index in [4.69, 9.17) is 11.1 Å². The van der Waals surface area contributed by atoms with Crippen molar-refractivity contribution < 1.29 is 27.9 Å². The Labute approximate surface area is 225 Å². The van der Waals surface area contributed by atoms with Gasteiger partial charge in [0.15, 0.2) is 0 Å². The molecule has 13 nitrogen and oxygen atoms in total. The van der Waals surface area contributed by atoms with E-state index >= 15 is 0 Å². The number of nitrogens with one attached hydrogen (secondary N) is 4. The van der Waals surface area contributed by atoms with Crippen LogP contribution in [-0.2, 0) is 30.8 Å². The fourth-order valence-corrected chi connectivity index (χ4v) is 5.94. The van der Waals surface area contributed by atoms with E-state index in [0.29, 0.717) is 30.8 Å². The van der Waals surface area contributed by atoms with E-state index in [9.17, 15) is 27.9 Å². The standard InChI is InChI=1S/C25H31N7O6S/c26-24(27)17-6-8-18(9-7-17)31-11-12-32(22(34)15-31)14-21(33)29-13-19(25(35)36)30-39(37,38)20-5-1-3-16-4-2-10-28-23(16)20/h1,3,5-9,19,28,30H,2,4,10-15H2,(H3,26,27)(H,29,33)(H,35,36)/t19-/m0/s1. The highest BCUT2D eigenvalue weighted by molar-refractivity contribution is 7.89. The second kappa shape index (κ2) is 11.7. The summed E-state index contributed by atoms with van der Waals surface area (Å²) in [5, 5.41) is 22.6. The van der Waals surface area contributed by atoms with E-state index in [0.717, 1.165) is 17.7 Å². The number of fused-ring (bicyclic) bond motifs is 1. The minimum absolute atomic E-state index is 0.0414. The topological polar surface area (TPSA) is 198 Å². The van der Waals surface area contributed by atoms with Crippen LogP contribution in [0.3, 0.4) is 0 Å². The van der Waals surface area contributed by atoms with Gasteiger partial charge in [-0.25, -0.2) is 8.42 Å².